The van der Waals surface area contributed by atoms with E-state index >= 15 is 0 Å². The molecule has 0 saturated carbocycles. The third-order valence-electron chi connectivity index (χ3n) is 4.83. The van der Waals surface area contributed by atoms with Crippen molar-refractivity contribution in [2.45, 2.75) is 33.5 Å². The molecule has 7 nitrogen and oxygen atoms in total. The lowest BCUT2D eigenvalue weighted by Gasteiger charge is -2.01. The summed E-state index contributed by atoms with van der Waals surface area (Å²) in [7, 11) is 0. The van der Waals surface area contributed by atoms with Crippen molar-refractivity contribution in [2.24, 2.45) is 0 Å². The quantitative estimate of drug-likeness (QED) is 0.350. The molecule has 0 saturated heterocycles. The van der Waals surface area contributed by atoms with E-state index in [1.54, 1.807) is 13.3 Å². The first kappa shape index (κ1) is 19.4. The minimum atomic E-state index is -4.54. The van der Waals surface area contributed by atoms with Crippen LogP contribution in [0.3, 0.4) is 0 Å². The summed E-state index contributed by atoms with van der Waals surface area (Å²) >= 11 is 4.46. The first-order chi connectivity index (χ1) is 14.1. The minimum absolute atomic E-state index is 0.00493. The maximum absolute atomic E-state index is 13.1. The minimum Gasteiger partial charge on any atom is -0.260 e. The van der Waals surface area contributed by atoms with E-state index in [9.17, 15) is 13.2 Å². The van der Waals surface area contributed by atoms with E-state index in [2.05, 4.69) is 41.1 Å². The Bertz CT molecular complexity index is 1460. The fourth-order valence-electron chi connectivity index (χ4n) is 3.47. The third kappa shape index (κ3) is 2.88. The van der Waals surface area contributed by atoms with Crippen LogP contribution in [0.25, 0.3) is 26.1 Å². The van der Waals surface area contributed by atoms with Gasteiger partial charge in [-0.2, -0.15) is 18.3 Å². The van der Waals surface area contributed by atoms with Crippen molar-refractivity contribution in [2.75, 3.05) is 0 Å². The van der Waals surface area contributed by atoms with Crippen LogP contribution in [0.5, 0.6) is 0 Å². The van der Waals surface area contributed by atoms with Crippen molar-refractivity contribution in [3.8, 4) is 0 Å². The molecule has 5 aromatic rings. The second-order valence-corrected chi connectivity index (χ2v) is 8.78. The molecule has 0 aromatic carbocycles. The van der Waals surface area contributed by atoms with Gasteiger partial charge in [-0.05, 0) is 48.3 Å². The second kappa shape index (κ2) is 6.45. The maximum atomic E-state index is 13.1. The first-order valence-corrected chi connectivity index (χ1v) is 10.4. The van der Waals surface area contributed by atoms with Crippen LogP contribution in [-0.2, 0) is 12.7 Å². The van der Waals surface area contributed by atoms with Gasteiger partial charge in [0.25, 0.3) is 0 Å². The van der Waals surface area contributed by atoms with Crippen molar-refractivity contribution in [3.05, 3.63) is 45.3 Å². The Morgan fingerprint density at radius 1 is 1.13 bits per heavy atom. The molecule has 5 aromatic heterocycles. The van der Waals surface area contributed by atoms with E-state index in [0.717, 1.165) is 31.7 Å². The number of aromatic nitrogens is 7. The van der Waals surface area contributed by atoms with E-state index in [1.807, 2.05) is 19.9 Å². The summed E-state index contributed by atoms with van der Waals surface area (Å²) in [5.41, 5.74) is 2.77. The smallest absolute Gasteiger partial charge is 0.260 e. The fourth-order valence-corrected chi connectivity index (χ4v) is 5.21. The van der Waals surface area contributed by atoms with Gasteiger partial charge in [-0.1, -0.05) is 0 Å². The van der Waals surface area contributed by atoms with Gasteiger partial charge in [0.1, 0.15) is 22.4 Å². The van der Waals surface area contributed by atoms with Crippen molar-refractivity contribution in [1.82, 2.24) is 34.3 Å². The molecule has 0 unspecified atom stereocenters. The number of halogens is 4. The van der Waals surface area contributed by atoms with Crippen molar-refractivity contribution in [1.29, 1.82) is 0 Å². The number of alkyl halides is 3. The highest BCUT2D eigenvalue weighted by atomic mass is 79.9. The molecular formula is C18H13BrF3N7S. The number of thiophene rings is 1. The Kier molecular flexibility index (Phi) is 4.16. The highest BCUT2D eigenvalue weighted by molar-refractivity contribution is 9.10. The summed E-state index contributed by atoms with van der Waals surface area (Å²) in [5, 5.41) is 9.06. The Hall–Kier alpha value is -2.60. The van der Waals surface area contributed by atoms with Crippen LogP contribution in [0.2, 0.25) is 0 Å². The van der Waals surface area contributed by atoms with Gasteiger partial charge in [0.15, 0.2) is 17.2 Å². The Balaban J connectivity index is 1.64. The molecule has 30 heavy (non-hydrogen) atoms. The zero-order valence-corrected chi connectivity index (χ0v) is 18.3. The average molecular weight is 496 g/mol. The monoisotopic (exact) mass is 495 g/mol. The average Bonchev–Trinajstić information content (AvgIpc) is 3.30. The summed E-state index contributed by atoms with van der Waals surface area (Å²) in [6.45, 7) is 5.52. The van der Waals surface area contributed by atoms with Gasteiger partial charge in [-0.3, -0.25) is 4.68 Å². The molecule has 0 aliphatic heterocycles. The van der Waals surface area contributed by atoms with E-state index in [1.165, 1.54) is 20.5 Å². The maximum Gasteiger partial charge on any atom is 0.436 e. The predicted octanol–water partition coefficient (Wildman–Crippen LogP) is 4.84. The molecule has 154 valence electrons. The molecule has 0 atom stereocenters. The zero-order valence-electron chi connectivity index (χ0n) is 15.9. The number of pyridine rings is 1. The number of aryl methyl sites for hydroxylation is 2. The molecule has 0 aliphatic rings. The highest BCUT2D eigenvalue weighted by Gasteiger charge is 2.38. The third-order valence-corrected chi connectivity index (χ3v) is 6.85. The standard InChI is InChI=1S/C18H13BrF3N7S/c1-7-4-8(2)24-17-11(7)13-14(30-17)16-25-10(26-29(16)6-23-13)5-28-9(3)12(19)15(27-28)18(20,21)22/h4,6H,5H2,1-3H3. The number of rotatable bonds is 2. The van der Waals surface area contributed by atoms with Crippen LogP contribution in [0, 0.1) is 20.8 Å². The molecule has 0 aliphatic carbocycles. The lowest BCUT2D eigenvalue weighted by atomic mass is 10.1. The Morgan fingerprint density at radius 3 is 2.60 bits per heavy atom. The van der Waals surface area contributed by atoms with Crippen LogP contribution < -0.4 is 0 Å². The lowest BCUT2D eigenvalue weighted by molar-refractivity contribution is -0.142. The van der Waals surface area contributed by atoms with Gasteiger partial charge in [0, 0.05) is 11.1 Å². The van der Waals surface area contributed by atoms with Crippen LogP contribution in [0.1, 0.15) is 28.5 Å². The van der Waals surface area contributed by atoms with Crippen LogP contribution in [0.4, 0.5) is 13.2 Å². The second-order valence-electron chi connectivity index (χ2n) is 6.98. The SMILES string of the molecule is Cc1cc(C)c2c(n1)sc1c2ncn2nc(Cn3nc(C(F)(F)F)c(Br)c3C)nc12. The van der Waals surface area contributed by atoms with Gasteiger partial charge in [-0.15, -0.1) is 16.4 Å². The number of hydrogen-bond donors (Lipinski definition) is 0. The van der Waals surface area contributed by atoms with Gasteiger partial charge in [0.05, 0.1) is 15.7 Å². The van der Waals surface area contributed by atoms with Crippen molar-refractivity contribution >= 4 is 53.3 Å². The van der Waals surface area contributed by atoms with Crippen molar-refractivity contribution < 1.29 is 13.2 Å². The van der Waals surface area contributed by atoms with Gasteiger partial charge in [0.2, 0.25) is 0 Å². The zero-order chi connectivity index (χ0) is 21.4. The topological polar surface area (TPSA) is 73.8 Å². The summed E-state index contributed by atoms with van der Waals surface area (Å²) < 4.78 is 42.9. The summed E-state index contributed by atoms with van der Waals surface area (Å²) in [4.78, 5) is 14.6. The Morgan fingerprint density at radius 2 is 1.90 bits per heavy atom. The summed E-state index contributed by atoms with van der Waals surface area (Å²) in [5.74, 6) is 0.342. The first-order valence-electron chi connectivity index (χ1n) is 8.84. The van der Waals surface area contributed by atoms with Gasteiger partial charge < -0.3 is 0 Å². The van der Waals surface area contributed by atoms with E-state index < -0.39 is 11.9 Å². The van der Waals surface area contributed by atoms with E-state index in [0.29, 0.717) is 17.2 Å². The van der Waals surface area contributed by atoms with Crippen LogP contribution in [0.15, 0.2) is 16.9 Å². The lowest BCUT2D eigenvalue weighted by Crippen LogP contribution is -2.10. The molecule has 5 rings (SSSR count). The number of fused-ring (bicyclic) bond motifs is 5. The highest BCUT2D eigenvalue weighted by Crippen LogP contribution is 2.37. The molecule has 0 N–H and O–H groups in total. The molecule has 0 spiro atoms. The molecule has 12 heteroatoms. The molecule has 0 bridgehead atoms. The molecule has 0 radical (unpaired) electrons. The van der Waals surface area contributed by atoms with E-state index in [-0.39, 0.29) is 11.0 Å². The number of nitrogens with zero attached hydrogens (tertiary/aromatic N) is 7. The fraction of sp³-hybridized carbons (Fsp3) is 0.278. The normalized spacial score (nSPS) is 12.6. The molecule has 0 fully saturated rings. The molecule has 0 amide bonds. The summed E-state index contributed by atoms with van der Waals surface area (Å²) in [6.07, 6.45) is -2.98. The van der Waals surface area contributed by atoms with E-state index in [4.69, 9.17) is 0 Å². The van der Waals surface area contributed by atoms with Gasteiger partial charge >= 0.3 is 6.18 Å². The van der Waals surface area contributed by atoms with Crippen LogP contribution in [-0.4, -0.2) is 34.3 Å². The molecule has 5 heterocycles. The van der Waals surface area contributed by atoms with Gasteiger partial charge in [-0.25, -0.2) is 19.5 Å². The molecular weight excluding hydrogens is 483 g/mol. The van der Waals surface area contributed by atoms with Crippen molar-refractivity contribution in [3.63, 3.8) is 0 Å². The Labute approximate surface area is 179 Å². The predicted molar refractivity (Wildman–Crippen MR) is 110 cm³/mol. The largest absolute Gasteiger partial charge is 0.436 e. The summed E-state index contributed by atoms with van der Waals surface area (Å²) in [6, 6.07) is 2.01. The number of hydrogen-bond acceptors (Lipinski definition) is 6. The van der Waals surface area contributed by atoms with Crippen LogP contribution >= 0.6 is 27.3 Å².